The van der Waals surface area contributed by atoms with Gasteiger partial charge in [-0.2, -0.15) is 0 Å². The number of ether oxygens (including phenoxy) is 1. The zero-order valence-electron chi connectivity index (χ0n) is 22.3. The Balaban J connectivity index is 1.19. The number of H-pyrrole nitrogens is 1. The average molecular weight is 502 g/mol. The Hall–Kier alpha value is -4.02. The summed E-state index contributed by atoms with van der Waals surface area (Å²) in [7, 11) is 1.70. The molecule has 0 saturated heterocycles. The molecule has 0 atom stereocenters. The van der Waals surface area contributed by atoms with E-state index in [0.29, 0.717) is 0 Å². The van der Waals surface area contributed by atoms with Gasteiger partial charge < -0.3 is 4.74 Å². The number of benzene rings is 4. The maximum Gasteiger partial charge on any atom is 0.118 e. The Morgan fingerprint density at radius 3 is 2.18 bits per heavy atom. The molecule has 2 heterocycles. The molecule has 0 saturated carbocycles. The highest BCUT2D eigenvalue weighted by Crippen LogP contribution is 2.26. The van der Waals surface area contributed by atoms with Gasteiger partial charge in [-0.25, -0.2) is 0 Å². The molecule has 0 spiro atoms. The van der Waals surface area contributed by atoms with Crippen molar-refractivity contribution in [2.75, 3.05) is 20.2 Å². The molecule has 1 aliphatic rings. The van der Waals surface area contributed by atoms with Crippen molar-refractivity contribution in [1.82, 2.24) is 14.7 Å². The lowest BCUT2D eigenvalue weighted by Crippen LogP contribution is -2.33. The van der Waals surface area contributed by atoms with E-state index in [-0.39, 0.29) is 0 Å². The number of aromatic nitrogens is 2. The number of nitrogens with one attached hydrogen (secondary N) is 1. The van der Waals surface area contributed by atoms with Gasteiger partial charge in [-0.15, -0.1) is 0 Å². The molecule has 1 aromatic heterocycles. The van der Waals surface area contributed by atoms with Gasteiger partial charge in [0.25, 0.3) is 0 Å². The Kier molecular flexibility index (Phi) is 6.89. The fourth-order valence-electron chi connectivity index (χ4n) is 5.46. The lowest BCUT2D eigenvalue weighted by Gasteiger charge is -2.30. The van der Waals surface area contributed by atoms with Crippen LogP contribution in [-0.2, 0) is 25.8 Å². The predicted molar refractivity (Wildman–Crippen MR) is 155 cm³/mol. The monoisotopic (exact) mass is 501 g/mol. The molecular weight excluding hydrogens is 466 g/mol. The van der Waals surface area contributed by atoms with Gasteiger partial charge in [-0.1, -0.05) is 78.4 Å². The minimum absolute atomic E-state index is 0.882. The number of aromatic amines is 1. The Labute approximate surface area is 225 Å². The number of aryl methyl sites for hydroxylation is 1. The summed E-state index contributed by atoms with van der Waals surface area (Å²) >= 11 is 0. The number of rotatable bonds is 8. The van der Waals surface area contributed by atoms with Gasteiger partial charge in [0.15, 0.2) is 0 Å². The molecular formula is C34H35N3O. The van der Waals surface area contributed by atoms with E-state index in [2.05, 4.69) is 107 Å². The van der Waals surface area contributed by atoms with Gasteiger partial charge in [0.2, 0.25) is 0 Å². The summed E-state index contributed by atoms with van der Waals surface area (Å²) in [6.07, 6.45) is 3.08. The maximum absolute atomic E-state index is 5.31. The third-order valence-electron chi connectivity index (χ3n) is 7.79. The Morgan fingerprint density at radius 2 is 1.47 bits per heavy atom. The van der Waals surface area contributed by atoms with E-state index < -0.39 is 0 Å². The van der Waals surface area contributed by atoms with Crippen LogP contribution < -0.4 is 4.74 Å². The van der Waals surface area contributed by atoms with Gasteiger partial charge in [-0.05, 0) is 65.4 Å². The summed E-state index contributed by atoms with van der Waals surface area (Å²) in [5, 5.41) is 3.67. The first-order valence-corrected chi connectivity index (χ1v) is 13.5. The van der Waals surface area contributed by atoms with Crippen LogP contribution in [0, 0.1) is 6.92 Å². The van der Waals surface area contributed by atoms with Gasteiger partial charge in [-0.3, -0.25) is 14.7 Å². The quantitative estimate of drug-likeness (QED) is 0.249. The van der Waals surface area contributed by atoms with Crippen LogP contribution in [0.15, 0.2) is 97.1 Å². The lowest BCUT2D eigenvalue weighted by atomic mass is 9.99. The molecule has 38 heavy (non-hydrogen) atoms. The minimum atomic E-state index is 0.882. The number of hydrogen-bond acceptors (Lipinski definition) is 2. The van der Waals surface area contributed by atoms with Crippen LogP contribution in [0.3, 0.4) is 0 Å². The molecule has 6 rings (SSSR count). The van der Waals surface area contributed by atoms with Crippen LogP contribution in [0.5, 0.6) is 5.75 Å². The molecule has 0 bridgehead atoms. The molecule has 4 aromatic carbocycles. The summed E-state index contributed by atoms with van der Waals surface area (Å²) in [4.78, 5) is 2.59. The second-order valence-corrected chi connectivity index (χ2v) is 10.4. The molecule has 192 valence electrons. The number of fused-ring (bicyclic) bond motifs is 1. The molecule has 0 fully saturated rings. The van der Waals surface area contributed by atoms with Crippen LogP contribution in [-0.4, -0.2) is 34.9 Å². The molecule has 1 aliphatic heterocycles. The standard InChI is InChI=1S/C34H35N3O/c1-25-7-15-31(16-8-25)37-34(23-26-9-11-28(12-10-26)29-13-17-32(38-2)18-14-29)33(35-37)20-22-36-21-19-27-5-3-4-6-30(27)24-36/h3-18,35H,19-24H2,1-2H3. The van der Waals surface area contributed by atoms with Gasteiger partial charge in [0, 0.05) is 32.5 Å². The molecule has 0 unspecified atom stereocenters. The Bertz CT molecular complexity index is 1490. The van der Waals surface area contributed by atoms with Crippen molar-refractivity contribution in [2.45, 2.75) is 32.7 Å². The van der Waals surface area contributed by atoms with E-state index in [9.17, 15) is 0 Å². The van der Waals surface area contributed by atoms with E-state index in [4.69, 9.17) is 4.74 Å². The Morgan fingerprint density at radius 1 is 0.789 bits per heavy atom. The first-order valence-electron chi connectivity index (χ1n) is 13.5. The molecule has 5 aromatic rings. The van der Waals surface area contributed by atoms with Crippen LogP contribution in [0.2, 0.25) is 0 Å². The van der Waals surface area contributed by atoms with Crippen molar-refractivity contribution >= 4 is 0 Å². The third-order valence-corrected chi connectivity index (χ3v) is 7.79. The highest BCUT2D eigenvalue weighted by atomic mass is 16.5. The zero-order chi connectivity index (χ0) is 25.9. The number of hydrogen-bond donors (Lipinski definition) is 1. The van der Waals surface area contributed by atoms with Crippen LogP contribution in [0.1, 0.15) is 33.6 Å². The van der Waals surface area contributed by atoms with Crippen molar-refractivity contribution in [2.24, 2.45) is 0 Å². The zero-order valence-corrected chi connectivity index (χ0v) is 22.3. The maximum atomic E-state index is 5.31. The predicted octanol–water partition coefficient (Wildman–Crippen LogP) is 6.98. The molecule has 0 radical (unpaired) electrons. The molecule has 4 nitrogen and oxygen atoms in total. The van der Waals surface area contributed by atoms with E-state index in [1.165, 1.54) is 50.5 Å². The molecule has 0 aliphatic carbocycles. The highest BCUT2D eigenvalue weighted by Gasteiger charge is 2.20. The van der Waals surface area contributed by atoms with Crippen molar-refractivity contribution in [3.8, 4) is 22.6 Å². The second-order valence-electron chi connectivity index (χ2n) is 10.4. The molecule has 4 heteroatoms. The van der Waals surface area contributed by atoms with Crippen molar-refractivity contribution in [3.05, 3.63) is 131 Å². The molecule has 0 amide bonds. The van der Waals surface area contributed by atoms with Crippen LogP contribution in [0.4, 0.5) is 0 Å². The molecule has 1 N–H and O–H groups in total. The first-order chi connectivity index (χ1) is 18.7. The van der Waals surface area contributed by atoms with Crippen molar-refractivity contribution < 1.29 is 4.74 Å². The van der Waals surface area contributed by atoms with Crippen LogP contribution in [0.25, 0.3) is 16.8 Å². The topological polar surface area (TPSA) is 33.2 Å². The smallest absolute Gasteiger partial charge is 0.118 e. The highest BCUT2D eigenvalue weighted by molar-refractivity contribution is 5.64. The fraction of sp³-hybridized carbons (Fsp3) is 0.235. The third kappa shape index (κ3) is 5.18. The summed E-state index contributed by atoms with van der Waals surface area (Å²) in [5.41, 5.74) is 11.9. The van der Waals surface area contributed by atoms with Crippen molar-refractivity contribution in [1.29, 1.82) is 0 Å². The average Bonchev–Trinajstić information content (AvgIpc) is 2.96. The van der Waals surface area contributed by atoms with E-state index >= 15 is 0 Å². The summed E-state index contributed by atoms with van der Waals surface area (Å²) in [6.45, 7) is 5.39. The van der Waals surface area contributed by atoms with Crippen molar-refractivity contribution in [3.63, 3.8) is 0 Å². The normalized spacial score (nSPS) is 13.4. The van der Waals surface area contributed by atoms with Gasteiger partial charge in [0.05, 0.1) is 24.2 Å². The second kappa shape index (κ2) is 10.8. The van der Waals surface area contributed by atoms with Gasteiger partial charge in [0.1, 0.15) is 5.75 Å². The largest absolute Gasteiger partial charge is 0.497 e. The van der Waals surface area contributed by atoms with E-state index in [1.807, 2.05) is 12.1 Å². The van der Waals surface area contributed by atoms with E-state index in [1.54, 1.807) is 7.11 Å². The summed E-state index contributed by atoms with van der Waals surface area (Å²) in [6, 6.07) is 34.9. The van der Waals surface area contributed by atoms with Crippen LogP contribution >= 0.6 is 0 Å². The SMILES string of the molecule is COc1ccc(-c2ccc(Cc3c(CCN4CCc5ccccc5C4)[nH]n3-c3ccc(C)cc3)cc2)cc1. The van der Waals surface area contributed by atoms with Gasteiger partial charge >= 0.3 is 0 Å². The lowest BCUT2D eigenvalue weighted by molar-refractivity contribution is 0.255. The summed E-state index contributed by atoms with van der Waals surface area (Å²) < 4.78 is 7.57. The first kappa shape index (κ1) is 24.3. The summed E-state index contributed by atoms with van der Waals surface area (Å²) in [5.74, 6) is 0.882. The number of nitrogens with zero attached hydrogens (tertiary/aromatic N) is 2. The van der Waals surface area contributed by atoms with E-state index in [0.717, 1.165) is 44.6 Å². The fourth-order valence-corrected chi connectivity index (χ4v) is 5.46. The minimum Gasteiger partial charge on any atom is -0.497 e. The number of methoxy groups -OCH3 is 1.